The number of aromatic amines is 1. The minimum Gasteiger partial charge on any atom is -0.393 e. The lowest BCUT2D eigenvalue weighted by atomic mass is 10.1. The van der Waals surface area contributed by atoms with Crippen molar-refractivity contribution < 1.29 is 9.90 Å². The highest BCUT2D eigenvalue weighted by atomic mass is 16.3. The molecule has 5 heteroatoms. The molecule has 1 aromatic heterocycles. The van der Waals surface area contributed by atoms with Crippen molar-refractivity contribution >= 4 is 16.7 Å². The Bertz CT molecular complexity index is 723. The maximum Gasteiger partial charge on any atom is 0.267 e. The van der Waals surface area contributed by atoms with Gasteiger partial charge in [0.05, 0.1) is 6.10 Å². The van der Waals surface area contributed by atoms with Gasteiger partial charge in [0.2, 0.25) is 0 Å². The normalized spacial score (nSPS) is 21.6. The largest absolute Gasteiger partial charge is 0.393 e. The van der Waals surface area contributed by atoms with Gasteiger partial charge in [-0.1, -0.05) is 24.6 Å². The highest BCUT2D eigenvalue weighted by Crippen LogP contribution is 2.24. The Morgan fingerprint density at radius 2 is 2.14 bits per heavy atom. The quantitative estimate of drug-likeness (QED) is 0.798. The number of aliphatic hydroxyl groups is 1. The summed E-state index contributed by atoms with van der Waals surface area (Å²) in [7, 11) is 0. The zero-order chi connectivity index (χ0) is 14.8. The lowest BCUT2D eigenvalue weighted by molar-refractivity contribution is 0.0912. The van der Waals surface area contributed by atoms with E-state index in [-0.39, 0.29) is 29.2 Å². The first-order valence-electron chi connectivity index (χ1n) is 7.23. The number of rotatable bonds is 3. The van der Waals surface area contributed by atoms with Gasteiger partial charge in [0, 0.05) is 17.8 Å². The number of benzene rings is 1. The van der Waals surface area contributed by atoms with Crippen molar-refractivity contribution in [3.63, 3.8) is 0 Å². The molecule has 0 spiro atoms. The second-order valence-electron chi connectivity index (χ2n) is 5.57. The Labute approximate surface area is 122 Å². The number of pyridine rings is 1. The van der Waals surface area contributed by atoms with Crippen LogP contribution < -0.4 is 10.9 Å². The predicted molar refractivity (Wildman–Crippen MR) is 80.2 cm³/mol. The van der Waals surface area contributed by atoms with Crippen LogP contribution in [0.3, 0.4) is 0 Å². The summed E-state index contributed by atoms with van der Waals surface area (Å²) in [5.41, 5.74) is -0.00895. The van der Waals surface area contributed by atoms with Gasteiger partial charge < -0.3 is 15.4 Å². The molecule has 1 fully saturated rings. The summed E-state index contributed by atoms with van der Waals surface area (Å²) in [4.78, 5) is 26.7. The number of aromatic nitrogens is 1. The molecule has 3 N–H and O–H groups in total. The number of fused-ring (bicyclic) bond motifs is 1. The van der Waals surface area contributed by atoms with Crippen LogP contribution >= 0.6 is 0 Å². The van der Waals surface area contributed by atoms with Gasteiger partial charge in [-0.25, -0.2) is 0 Å². The molecule has 0 aliphatic heterocycles. The minimum absolute atomic E-state index is 0.112. The fraction of sp³-hybridized carbons (Fsp3) is 0.375. The number of aliphatic hydroxyl groups excluding tert-OH is 1. The first kappa shape index (κ1) is 13.8. The van der Waals surface area contributed by atoms with Gasteiger partial charge in [0.1, 0.15) is 5.69 Å². The Kier molecular flexibility index (Phi) is 3.75. The fourth-order valence-electron chi connectivity index (χ4n) is 2.91. The number of hydrogen-bond donors (Lipinski definition) is 3. The molecule has 1 amide bonds. The maximum atomic E-state index is 12.1. The van der Waals surface area contributed by atoms with E-state index in [1.165, 1.54) is 0 Å². The van der Waals surface area contributed by atoms with Crippen LogP contribution in [-0.4, -0.2) is 28.6 Å². The Balaban J connectivity index is 1.77. The molecule has 110 valence electrons. The molecule has 2 unspecified atom stereocenters. The van der Waals surface area contributed by atoms with Gasteiger partial charge in [-0.2, -0.15) is 0 Å². The van der Waals surface area contributed by atoms with E-state index in [4.69, 9.17) is 0 Å². The Morgan fingerprint density at radius 3 is 2.90 bits per heavy atom. The van der Waals surface area contributed by atoms with Crippen LogP contribution in [0.1, 0.15) is 29.8 Å². The number of hydrogen-bond acceptors (Lipinski definition) is 3. The summed E-state index contributed by atoms with van der Waals surface area (Å²) in [5.74, 6) is -0.196. The van der Waals surface area contributed by atoms with Crippen LogP contribution in [0.15, 0.2) is 35.1 Å². The Hall–Kier alpha value is -2.14. The third-order valence-electron chi connectivity index (χ3n) is 4.14. The molecular formula is C16H18N2O3. The average molecular weight is 286 g/mol. The maximum absolute atomic E-state index is 12.1. The van der Waals surface area contributed by atoms with E-state index in [9.17, 15) is 14.7 Å². The molecule has 2 atom stereocenters. The van der Waals surface area contributed by atoms with Crippen LogP contribution in [0.2, 0.25) is 0 Å². The number of nitrogens with one attached hydrogen (secondary N) is 2. The van der Waals surface area contributed by atoms with Crippen molar-refractivity contribution in [1.82, 2.24) is 10.3 Å². The molecule has 0 radical (unpaired) electrons. The van der Waals surface area contributed by atoms with Crippen LogP contribution in [0.25, 0.3) is 10.8 Å². The van der Waals surface area contributed by atoms with E-state index in [1.54, 1.807) is 18.2 Å². The number of carbonyl (C=O) groups is 1. The van der Waals surface area contributed by atoms with Gasteiger partial charge in [0.25, 0.3) is 11.5 Å². The van der Waals surface area contributed by atoms with E-state index in [1.807, 2.05) is 12.1 Å². The predicted octanol–water partition coefficient (Wildman–Crippen LogP) is 1.42. The topological polar surface area (TPSA) is 82.2 Å². The van der Waals surface area contributed by atoms with Crippen LogP contribution in [-0.2, 0) is 0 Å². The molecule has 0 saturated heterocycles. The highest BCUT2D eigenvalue weighted by molar-refractivity contribution is 5.96. The number of amides is 1. The van der Waals surface area contributed by atoms with Crippen molar-refractivity contribution in [2.45, 2.75) is 25.4 Å². The Morgan fingerprint density at radius 1 is 1.33 bits per heavy atom. The molecule has 1 saturated carbocycles. The van der Waals surface area contributed by atoms with Crippen molar-refractivity contribution in [3.05, 3.63) is 46.4 Å². The molecule has 3 rings (SSSR count). The van der Waals surface area contributed by atoms with E-state index < -0.39 is 0 Å². The van der Waals surface area contributed by atoms with Gasteiger partial charge in [-0.05, 0) is 30.4 Å². The van der Waals surface area contributed by atoms with Crippen molar-refractivity contribution in [1.29, 1.82) is 0 Å². The van der Waals surface area contributed by atoms with Crippen LogP contribution in [0.4, 0.5) is 0 Å². The highest BCUT2D eigenvalue weighted by Gasteiger charge is 2.25. The molecule has 1 aliphatic rings. The van der Waals surface area contributed by atoms with Crippen LogP contribution in [0, 0.1) is 5.92 Å². The monoisotopic (exact) mass is 286 g/mol. The summed E-state index contributed by atoms with van der Waals surface area (Å²) >= 11 is 0. The van der Waals surface area contributed by atoms with Gasteiger partial charge in [-0.15, -0.1) is 0 Å². The lowest BCUT2D eigenvalue weighted by Gasteiger charge is -2.15. The van der Waals surface area contributed by atoms with Gasteiger partial charge >= 0.3 is 0 Å². The lowest BCUT2D eigenvalue weighted by Crippen LogP contribution is -2.33. The van der Waals surface area contributed by atoms with Gasteiger partial charge in [0.15, 0.2) is 0 Å². The minimum atomic E-state index is -0.332. The smallest absolute Gasteiger partial charge is 0.267 e. The molecule has 2 aromatic rings. The molecule has 5 nitrogen and oxygen atoms in total. The summed E-state index contributed by atoms with van der Waals surface area (Å²) in [6.45, 7) is 0.439. The third-order valence-corrected chi connectivity index (χ3v) is 4.14. The molecule has 1 heterocycles. The zero-order valence-corrected chi connectivity index (χ0v) is 11.6. The molecular weight excluding hydrogens is 268 g/mol. The second-order valence-corrected chi connectivity index (χ2v) is 5.57. The fourth-order valence-corrected chi connectivity index (χ4v) is 2.91. The van der Waals surface area contributed by atoms with Crippen molar-refractivity contribution in [2.75, 3.05) is 6.54 Å². The molecule has 0 bridgehead atoms. The number of H-pyrrole nitrogens is 1. The molecule has 1 aromatic carbocycles. The van der Waals surface area contributed by atoms with E-state index >= 15 is 0 Å². The van der Waals surface area contributed by atoms with Crippen molar-refractivity contribution in [2.24, 2.45) is 5.92 Å². The second kappa shape index (κ2) is 5.69. The number of carbonyl (C=O) groups excluding carboxylic acids is 1. The zero-order valence-electron chi connectivity index (χ0n) is 11.6. The molecule has 21 heavy (non-hydrogen) atoms. The summed E-state index contributed by atoms with van der Waals surface area (Å²) in [5, 5.41) is 13.9. The summed E-state index contributed by atoms with van der Waals surface area (Å²) in [6, 6.07) is 8.83. The SMILES string of the molecule is O=C(NCC1CCCC1O)c1cc2ccccc2c(=O)[nH]1. The average Bonchev–Trinajstić information content (AvgIpc) is 2.90. The first-order chi connectivity index (χ1) is 10.1. The first-order valence-corrected chi connectivity index (χ1v) is 7.23. The summed E-state index contributed by atoms with van der Waals surface area (Å²) < 4.78 is 0. The van der Waals surface area contributed by atoms with E-state index in [0.717, 1.165) is 24.6 Å². The van der Waals surface area contributed by atoms with E-state index in [2.05, 4.69) is 10.3 Å². The van der Waals surface area contributed by atoms with Gasteiger partial charge in [-0.3, -0.25) is 9.59 Å². The third kappa shape index (κ3) is 2.83. The van der Waals surface area contributed by atoms with Crippen molar-refractivity contribution in [3.8, 4) is 0 Å². The molecule has 1 aliphatic carbocycles. The summed E-state index contributed by atoms with van der Waals surface area (Å²) in [6.07, 6.45) is 2.39. The standard InChI is InChI=1S/C16H18N2O3/c19-14-7-3-5-11(14)9-17-16(21)13-8-10-4-1-2-6-12(10)15(20)18-13/h1-2,4,6,8,11,14,19H,3,5,7,9H2,(H,17,21)(H,18,20). The van der Waals surface area contributed by atoms with Crippen LogP contribution in [0.5, 0.6) is 0 Å². The van der Waals surface area contributed by atoms with E-state index in [0.29, 0.717) is 11.9 Å².